The Morgan fingerprint density at radius 2 is 1.19 bits per heavy atom. The molecule has 3 amide bonds. The van der Waals surface area contributed by atoms with Crippen LogP contribution in [0.25, 0.3) is 32.0 Å². The number of rotatable bonds is 11. The Morgan fingerprint density at radius 3 is 1.76 bits per heavy atom. The van der Waals surface area contributed by atoms with Gasteiger partial charge in [-0.1, -0.05) is 109 Å². The van der Waals surface area contributed by atoms with Crippen LogP contribution in [0.1, 0.15) is 75.3 Å². The zero-order chi connectivity index (χ0) is 39.4. The number of nitrogens with zero attached hydrogens (tertiary/aromatic N) is 4. The minimum atomic E-state index is -0.792. The fourth-order valence-electron chi connectivity index (χ4n) is 7.99. The molecular formula is C47H41N5O3S3. The number of thiophene rings is 1. The Balaban J connectivity index is 0.856. The van der Waals surface area contributed by atoms with Gasteiger partial charge in [0, 0.05) is 30.9 Å². The molecule has 11 heteroatoms. The minimum absolute atomic E-state index is 0.0323. The molecule has 5 heterocycles. The van der Waals surface area contributed by atoms with Gasteiger partial charge in [0.2, 0.25) is 11.8 Å². The van der Waals surface area contributed by atoms with Crippen LogP contribution < -0.4 is 5.32 Å². The van der Waals surface area contributed by atoms with Gasteiger partial charge in [-0.3, -0.25) is 14.4 Å². The molecule has 2 fully saturated rings. The fraction of sp³-hybridized carbons (Fsp3) is 0.213. The molecule has 3 aromatic heterocycles. The number of likely N-dealkylation sites (tertiary alicyclic amines) is 2. The van der Waals surface area contributed by atoms with Crippen molar-refractivity contribution < 1.29 is 14.4 Å². The van der Waals surface area contributed by atoms with Crippen molar-refractivity contribution in [1.82, 2.24) is 25.1 Å². The lowest BCUT2D eigenvalue weighted by Gasteiger charge is -2.28. The second kappa shape index (κ2) is 17.0. The lowest BCUT2D eigenvalue weighted by Crippen LogP contribution is -2.42. The minimum Gasteiger partial charge on any atom is -0.336 e. The van der Waals surface area contributed by atoms with Gasteiger partial charge < -0.3 is 15.1 Å². The van der Waals surface area contributed by atoms with Crippen LogP contribution in [0.4, 0.5) is 0 Å². The number of hydrogen-bond donors (Lipinski definition) is 1. The highest BCUT2D eigenvalue weighted by atomic mass is 32.1. The van der Waals surface area contributed by atoms with Crippen molar-refractivity contribution in [2.75, 3.05) is 13.1 Å². The van der Waals surface area contributed by atoms with E-state index in [4.69, 9.17) is 9.97 Å². The van der Waals surface area contributed by atoms with Gasteiger partial charge in [-0.15, -0.1) is 22.7 Å². The molecule has 2 saturated heterocycles. The quantitative estimate of drug-likeness (QED) is 0.140. The third-order valence-electron chi connectivity index (χ3n) is 11.0. The molecule has 2 aliphatic heterocycles. The van der Waals surface area contributed by atoms with Gasteiger partial charge in [0.25, 0.3) is 5.91 Å². The molecule has 58 heavy (non-hydrogen) atoms. The summed E-state index contributed by atoms with van der Waals surface area (Å²) in [7, 11) is 0. The monoisotopic (exact) mass is 819 g/mol. The second-order valence-corrected chi connectivity index (χ2v) is 17.6. The summed E-state index contributed by atoms with van der Waals surface area (Å²) in [5.74, 6) is -0.217. The average molecular weight is 820 g/mol. The molecule has 0 radical (unpaired) electrons. The summed E-state index contributed by atoms with van der Waals surface area (Å²) in [6, 6.07) is 37.4. The van der Waals surface area contributed by atoms with E-state index >= 15 is 0 Å². The number of carbonyl (C=O) groups is 3. The van der Waals surface area contributed by atoms with Crippen molar-refractivity contribution in [1.29, 1.82) is 0 Å². The largest absolute Gasteiger partial charge is 0.336 e. The smallest absolute Gasteiger partial charge is 0.253 e. The maximum Gasteiger partial charge on any atom is 0.253 e. The van der Waals surface area contributed by atoms with E-state index in [1.165, 1.54) is 11.3 Å². The van der Waals surface area contributed by atoms with Crippen LogP contribution in [0.3, 0.4) is 0 Å². The van der Waals surface area contributed by atoms with E-state index in [1.54, 1.807) is 34.1 Å². The molecular weight excluding hydrogens is 779 g/mol. The third-order valence-corrected chi connectivity index (χ3v) is 14.0. The van der Waals surface area contributed by atoms with Gasteiger partial charge in [0.15, 0.2) is 0 Å². The van der Waals surface area contributed by atoms with Crippen LogP contribution in [0.5, 0.6) is 0 Å². The van der Waals surface area contributed by atoms with Crippen molar-refractivity contribution in [3.05, 3.63) is 165 Å². The Kier molecular flexibility index (Phi) is 11.1. The van der Waals surface area contributed by atoms with Gasteiger partial charge in [0.05, 0.1) is 33.8 Å². The normalized spacial score (nSPS) is 17.0. The molecule has 0 unspecified atom stereocenters. The van der Waals surface area contributed by atoms with Crippen LogP contribution in [0.2, 0.25) is 0 Å². The van der Waals surface area contributed by atoms with Crippen molar-refractivity contribution in [2.45, 2.75) is 50.2 Å². The van der Waals surface area contributed by atoms with E-state index in [1.807, 2.05) is 88.2 Å². The number of carbonyl (C=O) groups excluding carboxylic acids is 3. The van der Waals surface area contributed by atoms with E-state index in [2.05, 4.69) is 53.8 Å². The number of benzene rings is 4. The molecule has 0 spiro atoms. The van der Waals surface area contributed by atoms with Gasteiger partial charge in [-0.2, -0.15) is 11.3 Å². The number of aromatic nitrogens is 2. The van der Waals surface area contributed by atoms with Crippen LogP contribution in [-0.2, 0) is 16.0 Å². The van der Waals surface area contributed by atoms with Crippen molar-refractivity contribution in [3.8, 4) is 32.0 Å². The van der Waals surface area contributed by atoms with E-state index in [0.29, 0.717) is 18.5 Å². The van der Waals surface area contributed by atoms with Crippen molar-refractivity contribution in [3.63, 3.8) is 0 Å². The van der Waals surface area contributed by atoms with Crippen LogP contribution in [-0.4, -0.2) is 50.6 Å². The molecule has 3 atom stereocenters. The maximum atomic E-state index is 14.2. The fourth-order valence-corrected chi connectivity index (χ4v) is 10.8. The first-order chi connectivity index (χ1) is 28.5. The summed E-state index contributed by atoms with van der Waals surface area (Å²) in [6.45, 7) is 1.39. The molecule has 8 nitrogen and oxygen atoms in total. The number of nitrogens with one attached hydrogen (secondary N) is 1. The predicted octanol–water partition coefficient (Wildman–Crippen LogP) is 10.4. The SMILES string of the molecule is O=C(N[C@H](C(=O)N1CCC[C@H]1c1ncc(-c2ccc(-c3ccc(-c4cnc([C@@H]5CCCN5C(=O)Cc5ccccc5)s4)cc3)cc2)s1)c1ccccc1)c1ccsc1. The molecule has 1 N–H and O–H groups in total. The predicted molar refractivity (Wildman–Crippen MR) is 233 cm³/mol. The summed E-state index contributed by atoms with van der Waals surface area (Å²) in [5, 5.41) is 8.57. The highest BCUT2D eigenvalue weighted by molar-refractivity contribution is 7.15. The zero-order valence-corrected chi connectivity index (χ0v) is 34.1. The Labute approximate surface area is 349 Å². The highest BCUT2D eigenvalue weighted by Crippen LogP contribution is 2.40. The van der Waals surface area contributed by atoms with E-state index in [9.17, 15) is 14.4 Å². The molecule has 290 valence electrons. The van der Waals surface area contributed by atoms with E-state index < -0.39 is 6.04 Å². The molecule has 0 bridgehead atoms. The first kappa shape index (κ1) is 37.8. The van der Waals surface area contributed by atoms with E-state index in [0.717, 1.165) is 85.4 Å². The molecule has 7 aromatic rings. The zero-order valence-electron chi connectivity index (χ0n) is 31.7. The first-order valence-electron chi connectivity index (χ1n) is 19.6. The topological polar surface area (TPSA) is 95.5 Å². The molecule has 2 aliphatic rings. The van der Waals surface area contributed by atoms with Gasteiger partial charge in [-0.05, 0) is 70.5 Å². The summed E-state index contributed by atoms with van der Waals surface area (Å²) < 4.78 is 0. The van der Waals surface area contributed by atoms with Gasteiger partial charge in [0.1, 0.15) is 16.1 Å². The number of thiazole rings is 2. The maximum absolute atomic E-state index is 14.2. The number of hydrogen-bond acceptors (Lipinski definition) is 8. The van der Waals surface area contributed by atoms with Crippen LogP contribution >= 0.6 is 34.0 Å². The van der Waals surface area contributed by atoms with Crippen molar-refractivity contribution in [2.24, 2.45) is 0 Å². The summed E-state index contributed by atoms with van der Waals surface area (Å²) in [4.78, 5) is 56.2. The standard InChI is InChI=1S/C47H41N5O3S3/c53-42(27-31-9-3-1-4-10-31)51-24-7-13-38(51)45-48-28-40(57-45)34-19-15-32(16-20-34)33-17-21-35(22-18-33)41-29-49-46(58-41)39-14-8-25-52(39)47(55)43(36-11-5-2-6-12-36)50-44(54)37-23-26-56-30-37/h1-6,9-12,15-23,26,28-30,38-39,43H,7-8,13-14,24-25,27H2,(H,50,54)/t38-,39-,43-/m0/s1. The van der Waals surface area contributed by atoms with Crippen LogP contribution in [0.15, 0.2) is 138 Å². The molecule has 9 rings (SSSR count). The summed E-state index contributed by atoms with van der Waals surface area (Å²) >= 11 is 4.75. The average Bonchev–Trinajstić information content (AvgIpc) is 4.13. The second-order valence-electron chi connectivity index (χ2n) is 14.7. The molecule has 0 aliphatic carbocycles. The van der Waals surface area contributed by atoms with Gasteiger partial charge in [-0.25, -0.2) is 9.97 Å². The van der Waals surface area contributed by atoms with E-state index in [-0.39, 0.29) is 29.8 Å². The highest BCUT2D eigenvalue weighted by Gasteiger charge is 2.37. The lowest BCUT2D eigenvalue weighted by molar-refractivity contribution is -0.134. The molecule has 4 aromatic carbocycles. The summed E-state index contributed by atoms with van der Waals surface area (Å²) in [5.41, 5.74) is 6.78. The first-order valence-corrected chi connectivity index (χ1v) is 22.2. The number of amides is 3. The van der Waals surface area contributed by atoms with Gasteiger partial charge >= 0.3 is 0 Å². The Hall–Kier alpha value is -5.75. The third kappa shape index (κ3) is 8.02. The van der Waals surface area contributed by atoms with Crippen molar-refractivity contribution >= 4 is 51.7 Å². The van der Waals surface area contributed by atoms with Crippen LogP contribution in [0, 0.1) is 0 Å². The molecule has 0 saturated carbocycles. The lowest BCUT2D eigenvalue weighted by atomic mass is 10.0. The Bertz CT molecular complexity index is 2500. The summed E-state index contributed by atoms with van der Waals surface area (Å²) in [6.07, 6.45) is 7.90. The Morgan fingerprint density at radius 1 is 0.655 bits per heavy atom.